The van der Waals surface area contributed by atoms with Crippen LogP contribution in [0.5, 0.6) is 11.5 Å². The van der Waals surface area contributed by atoms with Gasteiger partial charge in [0.15, 0.2) is 11.5 Å². The maximum Gasteiger partial charge on any atom is 0.287 e. The van der Waals surface area contributed by atoms with Crippen LogP contribution in [0, 0.1) is 0 Å². The van der Waals surface area contributed by atoms with E-state index in [4.69, 9.17) is 0 Å². The number of nitrogens with zero attached hydrogens (tertiary/aromatic N) is 1. The van der Waals surface area contributed by atoms with Crippen LogP contribution in [0.25, 0.3) is 6.08 Å². The fraction of sp³-hybridized carbons (Fsp3) is 0. The van der Waals surface area contributed by atoms with Gasteiger partial charge in [0.2, 0.25) is 0 Å². The zero-order valence-electron chi connectivity index (χ0n) is 15.8. The molecular weight excluding hydrogens is 382 g/mol. The molecular formula is C23H19N3O4. The lowest BCUT2D eigenvalue weighted by Crippen LogP contribution is -2.32. The van der Waals surface area contributed by atoms with Crippen molar-refractivity contribution in [3.05, 3.63) is 101 Å². The van der Waals surface area contributed by atoms with Crippen LogP contribution in [-0.2, 0) is 4.79 Å². The number of hydrazone groups is 1. The second-order valence-electron chi connectivity index (χ2n) is 6.24. The Hall–Kier alpha value is -4.39. The molecule has 0 saturated carbocycles. The molecule has 0 atom stereocenters. The van der Waals surface area contributed by atoms with Gasteiger partial charge in [-0.3, -0.25) is 9.59 Å². The number of hydrogen-bond donors (Lipinski definition) is 4. The lowest BCUT2D eigenvalue weighted by atomic mass is 10.1. The molecule has 0 aliphatic rings. The van der Waals surface area contributed by atoms with E-state index in [9.17, 15) is 19.8 Å². The number of hydrogen-bond acceptors (Lipinski definition) is 5. The van der Waals surface area contributed by atoms with E-state index >= 15 is 0 Å². The lowest BCUT2D eigenvalue weighted by Gasteiger charge is -2.09. The Balaban J connectivity index is 1.77. The van der Waals surface area contributed by atoms with Crippen LogP contribution >= 0.6 is 0 Å². The van der Waals surface area contributed by atoms with E-state index in [-0.39, 0.29) is 17.2 Å². The van der Waals surface area contributed by atoms with Crippen LogP contribution < -0.4 is 10.7 Å². The molecule has 0 spiro atoms. The van der Waals surface area contributed by atoms with E-state index in [1.165, 1.54) is 30.5 Å². The summed E-state index contributed by atoms with van der Waals surface area (Å²) >= 11 is 0. The molecule has 0 bridgehead atoms. The molecule has 0 heterocycles. The largest absolute Gasteiger partial charge is 0.504 e. The Morgan fingerprint density at radius 1 is 0.800 bits per heavy atom. The molecule has 0 aliphatic heterocycles. The van der Waals surface area contributed by atoms with Gasteiger partial charge in [-0.2, -0.15) is 5.10 Å². The van der Waals surface area contributed by atoms with Gasteiger partial charge in [-0.15, -0.1) is 0 Å². The zero-order valence-corrected chi connectivity index (χ0v) is 15.8. The summed E-state index contributed by atoms with van der Waals surface area (Å²) in [4.78, 5) is 25.1. The number of carbonyl (C=O) groups excluding carboxylic acids is 2. The monoisotopic (exact) mass is 401 g/mol. The molecule has 0 unspecified atom stereocenters. The van der Waals surface area contributed by atoms with Crippen LogP contribution in [0.2, 0.25) is 0 Å². The Labute approximate surface area is 173 Å². The minimum atomic E-state index is -0.623. The standard InChI is InChI=1S/C23H19N3O4/c27-20-12-11-17(14-21(20)28)15-24-26-23(30)19(13-16-7-3-1-4-8-16)25-22(29)18-9-5-2-6-10-18/h1-15,27-28H,(H,25,29)(H,26,30)/b19-13?,24-15+. The highest BCUT2D eigenvalue weighted by molar-refractivity contribution is 6.05. The first-order valence-corrected chi connectivity index (χ1v) is 9.01. The lowest BCUT2D eigenvalue weighted by molar-refractivity contribution is -0.117. The topological polar surface area (TPSA) is 111 Å². The maximum absolute atomic E-state index is 12.6. The van der Waals surface area contributed by atoms with Gasteiger partial charge in [-0.25, -0.2) is 5.43 Å². The van der Waals surface area contributed by atoms with E-state index < -0.39 is 11.8 Å². The minimum absolute atomic E-state index is 0.0146. The average Bonchev–Trinajstić information content (AvgIpc) is 2.77. The molecule has 0 aromatic heterocycles. The van der Waals surface area contributed by atoms with E-state index in [0.717, 1.165) is 5.56 Å². The number of benzene rings is 3. The first-order valence-electron chi connectivity index (χ1n) is 9.01. The van der Waals surface area contributed by atoms with Crippen LogP contribution in [0.4, 0.5) is 0 Å². The van der Waals surface area contributed by atoms with Gasteiger partial charge in [0.05, 0.1) is 6.21 Å². The Morgan fingerprint density at radius 2 is 1.47 bits per heavy atom. The van der Waals surface area contributed by atoms with Crippen LogP contribution in [0.15, 0.2) is 89.7 Å². The first kappa shape index (κ1) is 20.3. The number of phenolic OH excluding ortho intramolecular Hbond substituents is 2. The Bertz CT molecular complexity index is 1090. The zero-order chi connectivity index (χ0) is 21.3. The molecule has 4 N–H and O–H groups in total. The van der Waals surface area contributed by atoms with Gasteiger partial charge in [0, 0.05) is 5.56 Å². The number of amides is 2. The molecule has 150 valence electrons. The third kappa shape index (κ3) is 5.56. The Kier molecular flexibility index (Phi) is 6.58. The van der Waals surface area contributed by atoms with Crippen molar-refractivity contribution < 1.29 is 19.8 Å². The fourth-order valence-corrected chi connectivity index (χ4v) is 2.50. The van der Waals surface area contributed by atoms with Gasteiger partial charge >= 0.3 is 0 Å². The fourth-order valence-electron chi connectivity index (χ4n) is 2.50. The molecule has 3 aromatic carbocycles. The van der Waals surface area contributed by atoms with Gasteiger partial charge in [0.25, 0.3) is 11.8 Å². The highest BCUT2D eigenvalue weighted by atomic mass is 16.3. The molecule has 2 amide bonds. The highest BCUT2D eigenvalue weighted by Crippen LogP contribution is 2.23. The highest BCUT2D eigenvalue weighted by Gasteiger charge is 2.14. The summed E-state index contributed by atoms with van der Waals surface area (Å²) in [6, 6.07) is 21.7. The summed E-state index contributed by atoms with van der Waals surface area (Å²) in [7, 11) is 0. The third-order valence-corrected chi connectivity index (χ3v) is 4.02. The molecule has 0 fully saturated rings. The molecule has 7 nitrogen and oxygen atoms in total. The molecule has 7 heteroatoms. The molecule has 0 aliphatic carbocycles. The maximum atomic E-state index is 12.6. The van der Waals surface area contributed by atoms with Crippen molar-refractivity contribution in [3.8, 4) is 11.5 Å². The van der Waals surface area contributed by atoms with Crippen molar-refractivity contribution in [2.45, 2.75) is 0 Å². The molecule has 3 rings (SSSR count). The summed E-state index contributed by atoms with van der Waals surface area (Å²) in [5, 5.41) is 25.3. The summed E-state index contributed by atoms with van der Waals surface area (Å²) < 4.78 is 0. The van der Waals surface area contributed by atoms with Crippen LogP contribution in [0.3, 0.4) is 0 Å². The van der Waals surface area contributed by atoms with Crippen molar-refractivity contribution in [3.63, 3.8) is 0 Å². The molecule has 3 aromatic rings. The predicted molar refractivity (Wildman–Crippen MR) is 114 cm³/mol. The second-order valence-corrected chi connectivity index (χ2v) is 6.24. The third-order valence-electron chi connectivity index (χ3n) is 4.02. The smallest absolute Gasteiger partial charge is 0.287 e. The summed E-state index contributed by atoms with van der Waals surface area (Å²) in [5.41, 5.74) is 3.96. The first-order chi connectivity index (χ1) is 14.5. The minimum Gasteiger partial charge on any atom is -0.504 e. The van der Waals surface area contributed by atoms with E-state index in [1.807, 2.05) is 18.2 Å². The number of rotatable bonds is 6. The van der Waals surface area contributed by atoms with E-state index in [1.54, 1.807) is 42.5 Å². The predicted octanol–water partition coefficient (Wildman–Crippen LogP) is 3.02. The summed E-state index contributed by atoms with van der Waals surface area (Å²) in [6.45, 7) is 0. The van der Waals surface area contributed by atoms with Crippen molar-refractivity contribution in [2.24, 2.45) is 5.10 Å². The van der Waals surface area contributed by atoms with Gasteiger partial charge in [0.1, 0.15) is 5.70 Å². The van der Waals surface area contributed by atoms with Crippen molar-refractivity contribution in [1.29, 1.82) is 0 Å². The van der Waals surface area contributed by atoms with E-state index in [2.05, 4.69) is 15.8 Å². The van der Waals surface area contributed by atoms with Gasteiger partial charge in [-0.05, 0) is 47.5 Å². The molecule has 30 heavy (non-hydrogen) atoms. The number of aromatic hydroxyl groups is 2. The molecule has 0 radical (unpaired) electrons. The van der Waals surface area contributed by atoms with Crippen LogP contribution in [0.1, 0.15) is 21.5 Å². The SMILES string of the molecule is O=C(N/N=C/c1ccc(O)c(O)c1)C(=Cc1ccccc1)NC(=O)c1ccccc1. The van der Waals surface area contributed by atoms with E-state index in [0.29, 0.717) is 11.1 Å². The summed E-state index contributed by atoms with van der Waals surface area (Å²) in [5.74, 6) is -1.61. The second kappa shape index (κ2) is 9.70. The Morgan fingerprint density at radius 3 is 2.13 bits per heavy atom. The number of nitrogens with one attached hydrogen (secondary N) is 2. The van der Waals surface area contributed by atoms with Gasteiger partial charge in [-0.1, -0.05) is 48.5 Å². The van der Waals surface area contributed by atoms with Crippen molar-refractivity contribution >= 4 is 24.1 Å². The van der Waals surface area contributed by atoms with Crippen LogP contribution in [-0.4, -0.2) is 28.2 Å². The normalized spacial score (nSPS) is 11.3. The van der Waals surface area contributed by atoms with Crippen molar-refractivity contribution in [1.82, 2.24) is 10.7 Å². The van der Waals surface area contributed by atoms with Gasteiger partial charge < -0.3 is 15.5 Å². The average molecular weight is 401 g/mol. The quantitative estimate of drug-likeness (QED) is 0.220. The number of carbonyl (C=O) groups is 2. The van der Waals surface area contributed by atoms with Crippen molar-refractivity contribution in [2.75, 3.05) is 0 Å². The number of phenols is 2. The molecule has 0 saturated heterocycles. The summed E-state index contributed by atoms with van der Waals surface area (Å²) in [6.07, 6.45) is 2.84.